The van der Waals surface area contributed by atoms with Gasteiger partial charge in [-0.1, -0.05) is 0 Å². The SMILES string of the molecule is O=C(O)O.O=C1CCCN1.[NaH]. The van der Waals surface area contributed by atoms with Gasteiger partial charge in [-0.25, -0.2) is 4.79 Å². The first-order chi connectivity index (χ1) is 4.63. The molecule has 0 aromatic heterocycles. The molecule has 1 heterocycles. The molecule has 6 heteroatoms. The van der Waals surface area contributed by atoms with Crippen LogP contribution >= 0.6 is 0 Å². The van der Waals surface area contributed by atoms with E-state index >= 15 is 0 Å². The van der Waals surface area contributed by atoms with Crippen molar-refractivity contribution in [2.75, 3.05) is 6.54 Å². The molecular formula is C5H10NNaO4. The van der Waals surface area contributed by atoms with E-state index in [0.717, 1.165) is 19.4 Å². The summed E-state index contributed by atoms with van der Waals surface area (Å²) in [4.78, 5) is 18.7. The van der Waals surface area contributed by atoms with E-state index < -0.39 is 6.16 Å². The molecule has 0 radical (unpaired) electrons. The molecule has 0 bridgehead atoms. The van der Waals surface area contributed by atoms with Gasteiger partial charge in [0.25, 0.3) is 0 Å². The van der Waals surface area contributed by atoms with Crippen LogP contribution in [-0.4, -0.2) is 58.4 Å². The molecule has 11 heavy (non-hydrogen) atoms. The van der Waals surface area contributed by atoms with Gasteiger partial charge < -0.3 is 15.5 Å². The van der Waals surface area contributed by atoms with Crippen molar-refractivity contribution in [1.29, 1.82) is 0 Å². The Kier molecular flexibility index (Phi) is 9.51. The number of nitrogens with one attached hydrogen (secondary N) is 1. The molecule has 3 N–H and O–H groups in total. The summed E-state index contributed by atoms with van der Waals surface area (Å²) in [5.74, 6) is 0.204. The third kappa shape index (κ3) is 12.8. The van der Waals surface area contributed by atoms with Crippen LogP contribution in [-0.2, 0) is 4.79 Å². The van der Waals surface area contributed by atoms with Gasteiger partial charge in [-0.3, -0.25) is 4.79 Å². The van der Waals surface area contributed by atoms with Crippen molar-refractivity contribution in [2.45, 2.75) is 12.8 Å². The van der Waals surface area contributed by atoms with Crippen LogP contribution in [0.5, 0.6) is 0 Å². The van der Waals surface area contributed by atoms with Gasteiger partial charge in [0.15, 0.2) is 0 Å². The average molecular weight is 171 g/mol. The fourth-order valence-corrected chi connectivity index (χ4v) is 0.565. The zero-order chi connectivity index (χ0) is 7.98. The van der Waals surface area contributed by atoms with Crippen LogP contribution in [0.1, 0.15) is 12.8 Å². The zero-order valence-electron chi connectivity index (χ0n) is 5.33. The van der Waals surface area contributed by atoms with Crippen molar-refractivity contribution < 1.29 is 19.8 Å². The van der Waals surface area contributed by atoms with Crippen molar-refractivity contribution in [3.8, 4) is 0 Å². The van der Waals surface area contributed by atoms with E-state index in [1.54, 1.807) is 0 Å². The third-order valence-corrected chi connectivity index (χ3v) is 0.903. The van der Waals surface area contributed by atoms with Crippen molar-refractivity contribution in [3.05, 3.63) is 0 Å². The fraction of sp³-hybridized carbons (Fsp3) is 0.600. The summed E-state index contributed by atoms with van der Waals surface area (Å²) in [6.07, 6.45) is -0.0706. The Bertz CT molecular complexity index is 126. The second-order valence-electron chi connectivity index (χ2n) is 1.74. The second-order valence-corrected chi connectivity index (χ2v) is 1.74. The molecule has 60 valence electrons. The summed E-state index contributed by atoms with van der Waals surface area (Å²) < 4.78 is 0. The van der Waals surface area contributed by atoms with Crippen molar-refractivity contribution in [2.24, 2.45) is 0 Å². The molecule has 1 saturated heterocycles. The number of amides is 1. The van der Waals surface area contributed by atoms with Crippen LogP contribution in [0.3, 0.4) is 0 Å². The van der Waals surface area contributed by atoms with E-state index in [9.17, 15) is 4.79 Å². The number of hydrogen-bond acceptors (Lipinski definition) is 2. The minimum absolute atomic E-state index is 0. The Balaban J connectivity index is 0. The van der Waals surface area contributed by atoms with E-state index in [1.807, 2.05) is 0 Å². The molecule has 0 atom stereocenters. The number of carboxylic acid groups (broad SMARTS) is 2. The van der Waals surface area contributed by atoms with E-state index in [2.05, 4.69) is 5.32 Å². The molecule has 1 aliphatic rings. The summed E-state index contributed by atoms with van der Waals surface area (Å²) in [5.41, 5.74) is 0. The van der Waals surface area contributed by atoms with Crippen LogP contribution in [0, 0.1) is 0 Å². The quantitative estimate of drug-likeness (QED) is 0.427. The van der Waals surface area contributed by atoms with E-state index in [1.165, 1.54) is 0 Å². The zero-order valence-corrected chi connectivity index (χ0v) is 5.33. The first-order valence-electron chi connectivity index (χ1n) is 2.81. The minimum atomic E-state index is -1.83. The molecule has 1 rings (SSSR count). The second kappa shape index (κ2) is 7.84. The first-order valence-corrected chi connectivity index (χ1v) is 2.81. The number of hydrogen-bond donors (Lipinski definition) is 3. The Labute approximate surface area is 86.1 Å². The molecule has 0 unspecified atom stereocenters. The first kappa shape index (κ1) is 13.3. The van der Waals surface area contributed by atoms with Crippen molar-refractivity contribution in [3.63, 3.8) is 0 Å². The Morgan fingerprint density at radius 2 is 1.91 bits per heavy atom. The fourth-order valence-electron chi connectivity index (χ4n) is 0.565. The predicted molar refractivity (Wildman–Crippen MR) is 40.0 cm³/mol. The van der Waals surface area contributed by atoms with Gasteiger partial charge in [-0.2, -0.15) is 0 Å². The number of carbonyl (C=O) groups excluding carboxylic acids is 1. The molecule has 0 spiro atoms. The normalized spacial score (nSPS) is 13.6. The van der Waals surface area contributed by atoms with E-state index in [4.69, 9.17) is 15.0 Å². The molecule has 5 nitrogen and oxygen atoms in total. The monoisotopic (exact) mass is 171 g/mol. The maximum atomic E-state index is 10.1. The van der Waals surface area contributed by atoms with E-state index in [0.29, 0.717) is 0 Å². The standard InChI is InChI=1S/C4H7NO.CH2O3.Na.H/c6-4-2-1-3-5-4;2-1(3)4;;/h1-3H2,(H,5,6);(H2,2,3,4);;. The van der Waals surface area contributed by atoms with Gasteiger partial charge in [0.05, 0.1) is 0 Å². The molecule has 1 amide bonds. The van der Waals surface area contributed by atoms with Gasteiger partial charge in [0.2, 0.25) is 5.91 Å². The van der Waals surface area contributed by atoms with Gasteiger partial charge in [0.1, 0.15) is 0 Å². The summed E-state index contributed by atoms with van der Waals surface area (Å²) in [6, 6.07) is 0. The van der Waals surface area contributed by atoms with Gasteiger partial charge in [0, 0.05) is 13.0 Å². The summed E-state index contributed by atoms with van der Waals surface area (Å²) in [6.45, 7) is 0.888. The molecule has 0 aromatic carbocycles. The van der Waals surface area contributed by atoms with Gasteiger partial charge >= 0.3 is 35.7 Å². The number of rotatable bonds is 0. The maximum absolute atomic E-state index is 10.1. The van der Waals surface area contributed by atoms with Crippen LogP contribution in [0.25, 0.3) is 0 Å². The number of carbonyl (C=O) groups is 2. The Morgan fingerprint density at radius 3 is 2.00 bits per heavy atom. The molecule has 0 aromatic rings. The van der Waals surface area contributed by atoms with Crippen molar-refractivity contribution >= 4 is 41.6 Å². The van der Waals surface area contributed by atoms with Crippen molar-refractivity contribution in [1.82, 2.24) is 5.32 Å². The predicted octanol–water partition coefficient (Wildman–Crippen LogP) is -0.530. The molecular weight excluding hydrogens is 161 g/mol. The summed E-state index contributed by atoms with van der Waals surface area (Å²) in [7, 11) is 0. The topological polar surface area (TPSA) is 86.6 Å². The summed E-state index contributed by atoms with van der Waals surface area (Å²) >= 11 is 0. The van der Waals surface area contributed by atoms with Crippen LogP contribution < -0.4 is 5.32 Å². The Morgan fingerprint density at radius 1 is 1.45 bits per heavy atom. The van der Waals surface area contributed by atoms with Crippen LogP contribution in [0.15, 0.2) is 0 Å². The molecule has 1 aliphatic heterocycles. The van der Waals surface area contributed by atoms with Crippen LogP contribution in [0.4, 0.5) is 4.79 Å². The summed E-state index contributed by atoms with van der Waals surface area (Å²) in [5, 5.41) is 16.6. The molecule has 0 saturated carbocycles. The third-order valence-electron chi connectivity index (χ3n) is 0.903. The van der Waals surface area contributed by atoms with Gasteiger partial charge in [-0.15, -0.1) is 0 Å². The van der Waals surface area contributed by atoms with Crippen LogP contribution in [0.2, 0.25) is 0 Å². The van der Waals surface area contributed by atoms with E-state index in [-0.39, 0.29) is 35.5 Å². The molecule has 1 fully saturated rings. The molecule has 0 aliphatic carbocycles. The Hall–Kier alpha value is -0.260. The van der Waals surface area contributed by atoms with Gasteiger partial charge in [-0.05, 0) is 6.42 Å². The average Bonchev–Trinajstić information content (AvgIpc) is 2.15.